The molecule has 1 heterocycles. The van der Waals surface area contributed by atoms with E-state index in [0.29, 0.717) is 24.3 Å². The van der Waals surface area contributed by atoms with Crippen molar-refractivity contribution in [3.63, 3.8) is 0 Å². The smallest absolute Gasteiger partial charge is 0.253 e. The molecule has 0 saturated heterocycles. The number of anilines is 1. The van der Waals surface area contributed by atoms with Gasteiger partial charge in [-0.2, -0.15) is 0 Å². The van der Waals surface area contributed by atoms with Crippen LogP contribution in [-0.2, 0) is 4.79 Å². The minimum atomic E-state index is -0.123. The fourth-order valence-electron chi connectivity index (χ4n) is 3.13. The van der Waals surface area contributed by atoms with Crippen LogP contribution in [0.2, 0.25) is 0 Å². The summed E-state index contributed by atoms with van der Waals surface area (Å²) >= 11 is 1.38. The van der Waals surface area contributed by atoms with Crippen LogP contribution in [0.25, 0.3) is 5.69 Å². The molecule has 0 unspecified atom stereocenters. The largest absolute Gasteiger partial charge is 0.339 e. The average molecular weight is 423 g/mol. The van der Waals surface area contributed by atoms with Gasteiger partial charge in [0.25, 0.3) is 5.91 Å². The van der Waals surface area contributed by atoms with E-state index in [4.69, 9.17) is 0 Å². The molecular weight excluding hydrogens is 396 g/mol. The summed E-state index contributed by atoms with van der Waals surface area (Å²) < 4.78 is 1.99. The van der Waals surface area contributed by atoms with Gasteiger partial charge in [0.2, 0.25) is 5.91 Å². The maximum Gasteiger partial charge on any atom is 0.253 e. The van der Waals surface area contributed by atoms with Crippen molar-refractivity contribution in [3.05, 3.63) is 72.1 Å². The first kappa shape index (κ1) is 21.6. The summed E-state index contributed by atoms with van der Waals surface area (Å²) in [6.07, 6.45) is 3.63. The van der Waals surface area contributed by atoms with Crippen LogP contribution in [0, 0.1) is 6.92 Å². The second kappa shape index (κ2) is 10.1. The Morgan fingerprint density at radius 1 is 1.07 bits per heavy atom. The molecule has 0 aliphatic rings. The fraction of sp³-hybridized carbons (Fsp3) is 0.261. The Hall–Kier alpha value is -3.06. The van der Waals surface area contributed by atoms with Crippen LogP contribution in [-0.4, -0.2) is 45.1 Å². The van der Waals surface area contributed by atoms with E-state index < -0.39 is 0 Å². The number of hydrogen-bond donors (Lipinski definition) is 1. The predicted octanol–water partition coefficient (Wildman–Crippen LogP) is 4.39. The number of amides is 2. The van der Waals surface area contributed by atoms with Crippen molar-refractivity contribution in [2.24, 2.45) is 0 Å². The van der Waals surface area contributed by atoms with Gasteiger partial charge in [-0.05, 0) is 56.7 Å². The van der Waals surface area contributed by atoms with Crippen molar-refractivity contribution in [1.29, 1.82) is 0 Å². The molecule has 2 aromatic carbocycles. The molecule has 0 bridgehead atoms. The van der Waals surface area contributed by atoms with Crippen LogP contribution >= 0.6 is 11.8 Å². The van der Waals surface area contributed by atoms with Crippen molar-refractivity contribution in [2.75, 3.05) is 24.2 Å². The number of carbonyl (C=O) groups excluding carboxylic acids is 2. The van der Waals surface area contributed by atoms with Gasteiger partial charge in [-0.25, -0.2) is 4.98 Å². The SMILES string of the molecule is CCN(CC)C(=O)c1ccc(NC(=O)CSc2nccn2-c2ccccc2C)cc1. The Morgan fingerprint density at radius 3 is 2.43 bits per heavy atom. The Balaban J connectivity index is 1.59. The molecule has 0 aliphatic carbocycles. The number of rotatable bonds is 8. The topological polar surface area (TPSA) is 67.2 Å². The second-order valence-corrected chi connectivity index (χ2v) is 7.70. The first-order valence-corrected chi connectivity index (χ1v) is 10.9. The monoisotopic (exact) mass is 422 g/mol. The Kier molecular flexibility index (Phi) is 7.30. The third-order valence-electron chi connectivity index (χ3n) is 4.78. The lowest BCUT2D eigenvalue weighted by Gasteiger charge is -2.18. The van der Waals surface area contributed by atoms with E-state index in [0.717, 1.165) is 16.4 Å². The van der Waals surface area contributed by atoms with Crippen molar-refractivity contribution >= 4 is 29.3 Å². The van der Waals surface area contributed by atoms with E-state index in [2.05, 4.69) is 10.3 Å². The molecule has 7 heteroatoms. The molecule has 156 valence electrons. The molecule has 0 aliphatic heterocycles. The highest BCUT2D eigenvalue weighted by molar-refractivity contribution is 7.99. The fourth-order valence-corrected chi connectivity index (χ4v) is 3.90. The summed E-state index contributed by atoms with van der Waals surface area (Å²) in [5.74, 6) is 0.113. The molecule has 2 amide bonds. The third kappa shape index (κ3) is 5.10. The van der Waals surface area contributed by atoms with Crippen LogP contribution in [0.5, 0.6) is 0 Å². The van der Waals surface area contributed by atoms with Gasteiger partial charge < -0.3 is 10.2 Å². The van der Waals surface area contributed by atoms with Gasteiger partial charge in [0.05, 0.1) is 11.4 Å². The van der Waals surface area contributed by atoms with Crippen LogP contribution in [0.15, 0.2) is 66.1 Å². The highest BCUT2D eigenvalue weighted by Crippen LogP contribution is 2.23. The summed E-state index contributed by atoms with van der Waals surface area (Å²) in [6, 6.07) is 15.1. The zero-order chi connectivity index (χ0) is 21.5. The number of aromatic nitrogens is 2. The van der Waals surface area contributed by atoms with Gasteiger partial charge >= 0.3 is 0 Å². The Bertz CT molecular complexity index is 1010. The molecule has 1 aromatic heterocycles. The number of nitrogens with zero attached hydrogens (tertiary/aromatic N) is 3. The first-order chi connectivity index (χ1) is 14.5. The molecular formula is C23H26N4O2S. The van der Waals surface area contributed by atoms with Crippen LogP contribution in [0.3, 0.4) is 0 Å². The maximum atomic E-state index is 12.4. The van der Waals surface area contributed by atoms with Gasteiger partial charge in [-0.1, -0.05) is 30.0 Å². The van der Waals surface area contributed by atoms with Crippen molar-refractivity contribution < 1.29 is 9.59 Å². The summed E-state index contributed by atoms with van der Waals surface area (Å²) in [7, 11) is 0. The van der Waals surface area contributed by atoms with E-state index in [-0.39, 0.29) is 17.6 Å². The van der Waals surface area contributed by atoms with E-state index in [1.165, 1.54) is 11.8 Å². The first-order valence-electron chi connectivity index (χ1n) is 9.94. The lowest BCUT2D eigenvalue weighted by Crippen LogP contribution is -2.30. The van der Waals surface area contributed by atoms with Crippen LogP contribution in [0.4, 0.5) is 5.69 Å². The molecule has 6 nitrogen and oxygen atoms in total. The van der Waals surface area contributed by atoms with E-state index >= 15 is 0 Å². The highest BCUT2D eigenvalue weighted by atomic mass is 32.2. The molecule has 0 atom stereocenters. The van der Waals surface area contributed by atoms with E-state index in [9.17, 15) is 9.59 Å². The van der Waals surface area contributed by atoms with Gasteiger partial charge in [-0.15, -0.1) is 0 Å². The molecule has 0 saturated carbocycles. The molecule has 3 rings (SSSR count). The maximum absolute atomic E-state index is 12.4. The number of carbonyl (C=O) groups is 2. The molecule has 1 N–H and O–H groups in total. The number of aryl methyl sites for hydroxylation is 1. The van der Waals surface area contributed by atoms with Gasteiger partial charge in [0.1, 0.15) is 0 Å². The number of para-hydroxylation sites is 1. The summed E-state index contributed by atoms with van der Waals surface area (Å²) in [6.45, 7) is 7.30. The number of imidazole rings is 1. The Morgan fingerprint density at radius 2 is 1.77 bits per heavy atom. The lowest BCUT2D eigenvalue weighted by atomic mass is 10.2. The molecule has 0 fully saturated rings. The number of thioether (sulfide) groups is 1. The van der Waals surface area contributed by atoms with Gasteiger partial charge in [-0.3, -0.25) is 14.2 Å². The lowest BCUT2D eigenvalue weighted by molar-refractivity contribution is -0.113. The number of benzene rings is 2. The number of nitrogens with one attached hydrogen (secondary N) is 1. The van der Waals surface area contributed by atoms with Crippen molar-refractivity contribution in [3.8, 4) is 5.69 Å². The van der Waals surface area contributed by atoms with E-state index in [1.807, 2.05) is 55.8 Å². The summed E-state index contributed by atoms with van der Waals surface area (Å²) in [5, 5.41) is 3.64. The third-order valence-corrected chi connectivity index (χ3v) is 5.75. The second-order valence-electron chi connectivity index (χ2n) is 6.76. The molecule has 0 spiro atoms. The normalized spacial score (nSPS) is 10.6. The minimum absolute atomic E-state index is 0.00326. The van der Waals surface area contributed by atoms with Crippen LogP contribution in [0.1, 0.15) is 29.8 Å². The van der Waals surface area contributed by atoms with Crippen LogP contribution < -0.4 is 5.32 Å². The zero-order valence-corrected chi connectivity index (χ0v) is 18.3. The molecule has 30 heavy (non-hydrogen) atoms. The van der Waals surface area contributed by atoms with Gasteiger partial charge in [0.15, 0.2) is 5.16 Å². The zero-order valence-electron chi connectivity index (χ0n) is 17.5. The van der Waals surface area contributed by atoms with Gasteiger partial charge in [0, 0.05) is 36.7 Å². The standard InChI is InChI=1S/C23H26N4O2S/c1-4-26(5-2)22(29)18-10-12-19(13-11-18)25-21(28)16-30-23-24-14-15-27(23)20-9-7-6-8-17(20)3/h6-15H,4-5,16H2,1-3H3,(H,25,28). The minimum Gasteiger partial charge on any atom is -0.339 e. The van der Waals surface area contributed by atoms with Crippen molar-refractivity contribution in [2.45, 2.75) is 25.9 Å². The number of hydrogen-bond acceptors (Lipinski definition) is 4. The molecule has 3 aromatic rings. The predicted molar refractivity (Wildman–Crippen MR) is 121 cm³/mol. The Labute approximate surface area is 181 Å². The quantitative estimate of drug-likeness (QED) is 0.547. The molecule has 0 radical (unpaired) electrons. The highest BCUT2D eigenvalue weighted by Gasteiger charge is 2.13. The summed E-state index contributed by atoms with van der Waals surface area (Å²) in [4.78, 5) is 30.9. The van der Waals surface area contributed by atoms with E-state index in [1.54, 1.807) is 35.4 Å². The summed E-state index contributed by atoms with van der Waals surface area (Å²) in [5.41, 5.74) is 3.47. The van der Waals surface area contributed by atoms with Crippen molar-refractivity contribution in [1.82, 2.24) is 14.5 Å². The average Bonchev–Trinajstić information content (AvgIpc) is 3.22.